The first-order valence-corrected chi connectivity index (χ1v) is 8.90. The van der Waals surface area contributed by atoms with Crippen molar-refractivity contribution in [1.82, 2.24) is 9.62 Å². The lowest BCUT2D eigenvalue weighted by Crippen LogP contribution is -2.42. The van der Waals surface area contributed by atoms with E-state index in [0.717, 1.165) is 13.0 Å². The quantitative estimate of drug-likeness (QED) is 0.592. The van der Waals surface area contributed by atoms with Crippen molar-refractivity contribution < 1.29 is 18.1 Å². The SMILES string of the molecule is CCCN(C1CCNC1)S(=O)(=O)c1ccc([N+](=O)[O-])c(OC)c1. The number of nitro groups is 1. The molecule has 1 aromatic carbocycles. The molecule has 0 saturated carbocycles. The van der Waals surface area contributed by atoms with Crippen molar-refractivity contribution >= 4 is 15.7 Å². The van der Waals surface area contributed by atoms with E-state index in [-0.39, 0.29) is 22.4 Å². The summed E-state index contributed by atoms with van der Waals surface area (Å²) in [7, 11) is -2.45. The predicted octanol–water partition coefficient (Wildman–Crippen LogP) is 1.37. The number of hydrogen-bond acceptors (Lipinski definition) is 6. The van der Waals surface area contributed by atoms with Gasteiger partial charge in [-0.2, -0.15) is 4.31 Å². The van der Waals surface area contributed by atoms with Crippen LogP contribution in [0.2, 0.25) is 0 Å². The largest absolute Gasteiger partial charge is 0.490 e. The number of nitro benzene ring substituents is 1. The zero-order valence-corrected chi connectivity index (χ0v) is 14.0. The Morgan fingerprint density at radius 1 is 1.48 bits per heavy atom. The molecule has 0 radical (unpaired) electrons. The molecule has 128 valence electrons. The molecule has 1 aliphatic rings. The van der Waals surface area contributed by atoms with Crippen LogP contribution in [0.1, 0.15) is 19.8 Å². The normalized spacial score (nSPS) is 18.3. The summed E-state index contributed by atoms with van der Waals surface area (Å²) in [4.78, 5) is 10.4. The van der Waals surface area contributed by atoms with Gasteiger partial charge in [-0.1, -0.05) is 6.92 Å². The zero-order chi connectivity index (χ0) is 17.0. The van der Waals surface area contributed by atoms with Gasteiger partial charge in [0.05, 0.1) is 16.9 Å². The first-order valence-electron chi connectivity index (χ1n) is 7.46. The minimum Gasteiger partial charge on any atom is -0.490 e. The maximum atomic E-state index is 12.9. The molecule has 2 rings (SSSR count). The summed E-state index contributed by atoms with van der Waals surface area (Å²) >= 11 is 0. The highest BCUT2D eigenvalue weighted by molar-refractivity contribution is 7.89. The Kier molecular flexibility index (Phi) is 5.55. The van der Waals surface area contributed by atoms with Gasteiger partial charge in [0, 0.05) is 31.3 Å². The van der Waals surface area contributed by atoms with E-state index < -0.39 is 14.9 Å². The Balaban J connectivity index is 2.42. The Hall–Kier alpha value is -1.71. The smallest absolute Gasteiger partial charge is 0.310 e. The fraction of sp³-hybridized carbons (Fsp3) is 0.571. The fourth-order valence-corrected chi connectivity index (χ4v) is 4.47. The molecule has 1 saturated heterocycles. The maximum Gasteiger partial charge on any atom is 0.310 e. The second-order valence-electron chi connectivity index (χ2n) is 5.35. The molecular formula is C14H21N3O5S. The minimum atomic E-state index is -3.73. The molecule has 0 spiro atoms. The summed E-state index contributed by atoms with van der Waals surface area (Å²) in [5.74, 6) is -0.0583. The number of hydrogen-bond donors (Lipinski definition) is 1. The van der Waals surface area contributed by atoms with Gasteiger partial charge in [-0.05, 0) is 25.5 Å². The average Bonchev–Trinajstić information content (AvgIpc) is 3.05. The number of nitrogens with one attached hydrogen (secondary N) is 1. The van der Waals surface area contributed by atoms with Crippen LogP contribution in [0.3, 0.4) is 0 Å². The number of sulfonamides is 1. The molecule has 0 aliphatic carbocycles. The van der Waals surface area contributed by atoms with E-state index in [1.807, 2.05) is 6.92 Å². The zero-order valence-electron chi connectivity index (χ0n) is 13.2. The van der Waals surface area contributed by atoms with Crippen LogP contribution in [0.25, 0.3) is 0 Å². The molecule has 23 heavy (non-hydrogen) atoms. The average molecular weight is 343 g/mol. The van der Waals surface area contributed by atoms with Gasteiger partial charge in [-0.3, -0.25) is 10.1 Å². The van der Waals surface area contributed by atoms with Crippen LogP contribution >= 0.6 is 0 Å². The van der Waals surface area contributed by atoms with E-state index in [1.54, 1.807) is 0 Å². The van der Waals surface area contributed by atoms with Crippen molar-refractivity contribution in [2.24, 2.45) is 0 Å². The monoisotopic (exact) mass is 343 g/mol. The van der Waals surface area contributed by atoms with Gasteiger partial charge in [0.2, 0.25) is 10.0 Å². The summed E-state index contributed by atoms with van der Waals surface area (Å²) in [5.41, 5.74) is -0.254. The molecule has 9 heteroatoms. The van der Waals surface area contributed by atoms with Crippen LogP contribution in [-0.2, 0) is 10.0 Å². The Morgan fingerprint density at radius 2 is 2.22 bits per heavy atom. The van der Waals surface area contributed by atoms with Crippen LogP contribution in [-0.4, -0.2) is 50.4 Å². The van der Waals surface area contributed by atoms with Gasteiger partial charge >= 0.3 is 5.69 Å². The van der Waals surface area contributed by atoms with E-state index in [9.17, 15) is 18.5 Å². The first kappa shape index (κ1) is 17.6. The van der Waals surface area contributed by atoms with Gasteiger partial charge in [-0.25, -0.2) is 8.42 Å². The maximum absolute atomic E-state index is 12.9. The molecule has 1 aromatic rings. The molecule has 0 bridgehead atoms. The lowest BCUT2D eigenvalue weighted by atomic mass is 10.2. The van der Waals surface area contributed by atoms with E-state index >= 15 is 0 Å². The summed E-state index contributed by atoms with van der Waals surface area (Å²) in [6.45, 7) is 3.72. The Labute approximate surface area is 135 Å². The third-order valence-corrected chi connectivity index (χ3v) is 5.79. The van der Waals surface area contributed by atoms with Crippen molar-refractivity contribution in [3.05, 3.63) is 28.3 Å². The van der Waals surface area contributed by atoms with E-state index in [1.165, 1.54) is 29.6 Å². The van der Waals surface area contributed by atoms with Gasteiger partial charge in [-0.15, -0.1) is 0 Å². The van der Waals surface area contributed by atoms with Gasteiger partial charge in [0.25, 0.3) is 0 Å². The Bertz CT molecular complexity index is 671. The molecule has 1 fully saturated rings. The number of nitrogens with zero attached hydrogens (tertiary/aromatic N) is 2. The third-order valence-electron chi connectivity index (χ3n) is 3.84. The molecule has 0 amide bonds. The van der Waals surface area contributed by atoms with E-state index in [2.05, 4.69) is 5.32 Å². The van der Waals surface area contributed by atoms with Crippen molar-refractivity contribution in [1.29, 1.82) is 0 Å². The molecule has 1 N–H and O–H groups in total. The van der Waals surface area contributed by atoms with Crippen LogP contribution < -0.4 is 10.1 Å². The summed E-state index contributed by atoms with van der Waals surface area (Å²) in [6.07, 6.45) is 1.45. The van der Waals surface area contributed by atoms with E-state index in [0.29, 0.717) is 19.5 Å². The standard InChI is InChI=1S/C14H21N3O5S/c1-3-8-16(11-6-7-15-10-11)23(20,21)12-4-5-13(17(18)19)14(9-12)22-2/h4-5,9,11,15H,3,6-8,10H2,1-2H3. The molecule has 1 heterocycles. The van der Waals surface area contributed by atoms with Crippen LogP contribution in [0.5, 0.6) is 5.75 Å². The van der Waals surface area contributed by atoms with E-state index in [4.69, 9.17) is 4.74 Å². The van der Waals surface area contributed by atoms with Crippen molar-refractivity contribution in [3.63, 3.8) is 0 Å². The number of methoxy groups -OCH3 is 1. The number of rotatable bonds is 7. The fourth-order valence-electron chi connectivity index (χ4n) is 2.71. The van der Waals surface area contributed by atoms with Crippen molar-refractivity contribution in [3.8, 4) is 5.75 Å². The summed E-state index contributed by atoms with van der Waals surface area (Å²) < 4.78 is 32.3. The Morgan fingerprint density at radius 3 is 2.74 bits per heavy atom. The van der Waals surface area contributed by atoms with Crippen LogP contribution in [0.4, 0.5) is 5.69 Å². The summed E-state index contributed by atoms with van der Waals surface area (Å²) in [6, 6.07) is 3.56. The minimum absolute atomic E-state index is 0.0142. The number of benzene rings is 1. The first-order chi connectivity index (χ1) is 10.9. The molecule has 1 unspecified atom stereocenters. The van der Waals surface area contributed by atoms with Gasteiger partial charge < -0.3 is 10.1 Å². The highest BCUT2D eigenvalue weighted by atomic mass is 32.2. The highest BCUT2D eigenvalue weighted by Gasteiger charge is 2.33. The second-order valence-corrected chi connectivity index (χ2v) is 7.24. The third kappa shape index (κ3) is 3.62. The summed E-state index contributed by atoms with van der Waals surface area (Å²) in [5, 5.41) is 14.1. The van der Waals surface area contributed by atoms with Crippen LogP contribution in [0, 0.1) is 10.1 Å². The van der Waals surface area contributed by atoms with Gasteiger partial charge in [0.1, 0.15) is 0 Å². The lowest BCUT2D eigenvalue weighted by Gasteiger charge is -2.27. The molecule has 0 aromatic heterocycles. The second kappa shape index (κ2) is 7.24. The molecular weight excluding hydrogens is 322 g/mol. The molecule has 1 aliphatic heterocycles. The van der Waals surface area contributed by atoms with Crippen molar-refractivity contribution in [2.45, 2.75) is 30.7 Å². The number of ether oxygens (including phenoxy) is 1. The highest BCUT2D eigenvalue weighted by Crippen LogP contribution is 2.31. The lowest BCUT2D eigenvalue weighted by molar-refractivity contribution is -0.385. The van der Waals surface area contributed by atoms with Gasteiger partial charge in [0.15, 0.2) is 5.75 Å². The van der Waals surface area contributed by atoms with Crippen molar-refractivity contribution in [2.75, 3.05) is 26.7 Å². The molecule has 8 nitrogen and oxygen atoms in total. The van der Waals surface area contributed by atoms with Crippen LogP contribution in [0.15, 0.2) is 23.1 Å². The topological polar surface area (TPSA) is 102 Å². The predicted molar refractivity (Wildman–Crippen MR) is 85.1 cm³/mol. The molecule has 1 atom stereocenters.